The van der Waals surface area contributed by atoms with Crippen molar-refractivity contribution in [1.82, 2.24) is 5.32 Å². The standard InChI is InChI=1S/C17H21NO2/c1-13(14-8-5-4-6-9-14)18-12-15-10-7-11-16(19-2)17(15)20-3/h4-11,13,18H,12H2,1-3H3. The van der Waals surface area contributed by atoms with Crippen LogP contribution in [-0.2, 0) is 6.54 Å². The fourth-order valence-corrected chi connectivity index (χ4v) is 2.22. The first kappa shape index (κ1) is 14.4. The molecule has 2 aromatic carbocycles. The third-order valence-corrected chi connectivity index (χ3v) is 3.38. The molecule has 3 nitrogen and oxygen atoms in total. The van der Waals surface area contributed by atoms with Gasteiger partial charge in [0.25, 0.3) is 0 Å². The molecule has 0 radical (unpaired) electrons. The number of nitrogens with one attached hydrogen (secondary N) is 1. The van der Waals surface area contributed by atoms with E-state index in [0.29, 0.717) is 0 Å². The van der Waals surface area contributed by atoms with E-state index in [-0.39, 0.29) is 6.04 Å². The quantitative estimate of drug-likeness (QED) is 0.871. The van der Waals surface area contributed by atoms with Crippen molar-refractivity contribution in [3.63, 3.8) is 0 Å². The molecule has 0 heterocycles. The molecule has 0 saturated heterocycles. The lowest BCUT2D eigenvalue weighted by molar-refractivity contribution is 0.350. The van der Waals surface area contributed by atoms with E-state index < -0.39 is 0 Å². The fourth-order valence-electron chi connectivity index (χ4n) is 2.22. The van der Waals surface area contributed by atoms with Crippen molar-refractivity contribution in [3.8, 4) is 11.5 Å². The van der Waals surface area contributed by atoms with Gasteiger partial charge < -0.3 is 14.8 Å². The summed E-state index contributed by atoms with van der Waals surface area (Å²) in [7, 11) is 3.32. The molecule has 0 aliphatic carbocycles. The van der Waals surface area contributed by atoms with E-state index in [4.69, 9.17) is 9.47 Å². The van der Waals surface area contributed by atoms with Crippen molar-refractivity contribution in [3.05, 3.63) is 59.7 Å². The number of rotatable bonds is 6. The molecule has 20 heavy (non-hydrogen) atoms. The predicted octanol–water partition coefficient (Wildman–Crippen LogP) is 3.55. The van der Waals surface area contributed by atoms with Gasteiger partial charge in [-0.3, -0.25) is 0 Å². The summed E-state index contributed by atoms with van der Waals surface area (Å²) < 4.78 is 10.8. The largest absolute Gasteiger partial charge is 0.493 e. The third kappa shape index (κ3) is 3.31. The smallest absolute Gasteiger partial charge is 0.165 e. The zero-order valence-electron chi connectivity index (χ0n) is 12.2. The molecule has 1 unspecified atom stereocenters. The molecule has 3 heteroatoms. The van der Waals surface area contributed by atoms with Crippen molar-refractivity contribution in [2.45, 2.75) is 19.5 Å². The number of para-hydroxylation sites is 1. The Kier molecular flexibility index (Phi) is 5.02. The highest BCUT2D eigenvalue weighted by atomic mass is 16.5. The van der Waals surface area contributed by atoms with Gasteiger partial charge in [0, 0.05) is 18.2 Å². The first-order valence-electron chi connectivity index (χ1n) is 6.74. The maximum absolute atomic E-state index is 5.44. The second kappa shape index (κ2) is 6.96. The van der Waals surface area contributed by atoms with Crippen LogP contribution in [0, 0.1) is 0 Å². The van der Waals surface area contributed by atoms with Crippen LogP contribution in [0.15, 0.2) is 48.5 Å². The lowest BCUT2D eigenvalue weighted by Crippen LogP contribution is -2.18. The van der Waals surface area contributed by atoms with Crippen LogP contribution in [0.25, 0.3) is 0 Å². The van der Waals surface area contributed by atoms with E-state index in [2.05, 4.69) is 36.5 Å². The van der Waals surface area contributed by atoms with Gasteiger partial charge in [0.15, 0.2) is 11.5 Å². The molecule has 106 valence electrons. The Morgan fingerprint density at radius 2 is 1.70 bits per heavy atom. The number of methoxy groups -OCH3 is 2. The molecular formula is C17H21NO2. The van der Waals surface area contributed by atoms with Gasteiger partial charge in [-0.05, 0) is 18.6 Å². The molecule has 2 rings (SSSR count). The molecule has 1 atom stereocenters. The van der Waals surface area contributed by atoms with Gasteiger partial charge in [0.05, 0.1) is 14.2 Å². The Labute approximate surface area is 120 Å². The van der Waals surface area contributed by atoms with Crippen molar-refractivity contribution in [2.24, 2.45) is 0 Å². The molecule has 0 aromatic heterocycles. The van der Waals surface area contributed by atoms with Crippen LogP contribution >= 0.6 is 0 Å². The Balaban J connectivity index is 2.07. The minimum Gasteiger partial charge on any atom is -0.493 e. The van der Waals surface area contributed by atoms with Crippen molar-refractivity contribution >= 4 is 0 Å². The number of benzene rings is 2. The molecule has 1 N–H and O–H groups in total. The normalized spacial score (nSPS) is 11.9. The van der Waals surface area contributed by atoms with Gasteiger partial charge in [-0.25, -0.2) is 0 Å². The molecule has 0 fully saturated rings. The monoisotopic (exact) mass is 271 g/mol. The molecule has 0 spiro atoms. The lowest BCUT2D eigenvalue weighted by atomic mass is 10.1. The second-order valence-corrected chi connectivity index (χ2v) is 4.67. The van der Waals surface area contributed by atoms with Gasteiger partial charge in [0.2, 0.25) is 0 Å². The molecule has 0 amide bonds. The van der Waals surface area contributed by atoms with Gasteiger partial charge in [-0.1, -0.05) is 42.5 Å². The molecular weight excluding hydrogens is 250 g/mol. The minimum atomic E-state index is 0.284. The molecule has 0 aliphatic heterocycles. The highest BCUT2D eigenvalue weighted by Crippen LogP contribution is 2.30. The summed E-state index contributed by atoms with van der Waals surface area (Å²) in [5.41, 5.74) is 2.36. The van der Waals surface area contributed by atoms with Crippen LogP contribution in [0.4, 0.5) is 0 Å². The molecule has 2 aromatic rings. The van der Waals surface area contributed by atoms with Gasteiger partial charge in [0.1, 0.15) is 0 Å². The fraction of sp³-hybridized carbons (Fsp3) is 0.294. The van der Waals surface area contributed by atoms with E-state index in [1.165, 1.54) is 5.56 Å². The Morgan fingerprint density at radius 3 is 2.35 bits per heavy atom. The van der Waals surface area contributed by atoms with Crippen molar-refractivity contribution in [2.75, 3.05) is 14.2 Å². The van der Waals surface area contributed by atoms with E-state index >= 15 is 0 Å². The first-order valence-corrected chi connectivity index (χ1v) is 6.74. The highest BCUT2D eigenvalue weighted by Gasteiger charge is 2.10. The van der Waals surface area contributed by atoms with Crippen LogP contribution in [0.5, 0.6) is 11.5 Å². The van der Waals surface area contributed by atoms with Crippen LogP contribution in [0.3, 0.4) is 0 Å². The Morgan fingerprint density at radius 1 is 0.950 bits per heavy atom. The zero-order chi connectivity index (χ0) is 14.4. The highest BCUT2D eigenvalue weighted by molar-refractivity contribution is 5.46. The van der Waals surface area contributed by atoms with E-state index in [1.54, 1.807) is 14.2 Å². The van der Waals surface area contributed by atoms with Crippen LogP contribution in [0.1, 0.15) is 24.1 Å². The summed E-state index contributed by atoms with van der Waals surface area (Å²) in [4.78, 5) is 0. The summed E-state index contributed by atoms with van der Waals surface area (Å²) in [5.74, 6) is 1.56. The topological polar surface area (TPSA) is 30.5 Å². The summed E-state index contributed by atoms with van der Waals surface area (Å²) in [6.07, 6.45) is 0. The summed E-state index contributed by atoms with van der Waals surface area (Å²) in [5, 5.41) is 3.51. The number of hydrogen-bond donors (Lipinski definition) is 1. The van der Waals surface area contributed by atoms with Gasteiger partial charge in [-0.2, -0.15) is 0 Å². The summed E-state index contributed by atoms with van der Waals surface area (Å²) in [6.45, 7) is 2.89. The van der Waals surface area contributed by atoms with Crippen LogP contribution < -0.4 is 14.8 Å². The Hall–Kier alpha value is -2.00. The number of hydrogen-bond acceptors (Lipinski definition) is 3. The van der Waals surface area contributed by atoms with Crippen molar-refractivity contribution in [1.29, 1.82) is 0 Å². The van der Waals surface area contributed by atoms with E-state index in [9.17, 15) is 0 Å². The maximum Gasteiger partial charge on any atom is 0.165 e. The van der Waals surface area contributed by atoms with Gasteiger partial charge in [-0.15, -0.1) is 0 Å². The SMILES string of the molecule is COc1cccc(CNC(C)c2ccccc2)c1OC. The number of ether oxygens (including phenoxy) is 2. The maximum atomic E-state index is 5.44. The predicted molar refractivity (Wildman–Crippen MR) is 81.2 cm³/mol. The first-order chi connectivity index (χ1) is 9.76. The van der Waals surface area contributed by atoms with Gasteiger partial charge >= 0.3 is 0 Å². The zero-order valence-corrected chi connectivity index (χ0v) is 12.2. The Bertz CT molecular complexity index is 540. The molecule has 0 saturated carbocycles. The lowest BCUT2D eigenvalue weighted by Gasteiger charge is -2.17. The van der Waals surface area contributed by atoms with Crippen molar-refractivity contribution < 1.29 is 9.47 Å². The average molecular weight is 271 g/mol. The summed E-state index contributed by atoms with van der Waals surface area (Å²) in [6, 6.07) is 16.6. The summed E-state index contributed by atoms with van der Waals surface area (Å²) >= 11 is 0. The van der Waals surface area contributed by atoms with Crippen LogP contribution in [0.2, 0.25) is 0 Å². The average Bonchev–Trinajstić information content (AvgIpc) is 2.52. The second-order valence-electron chi connectivity index (χ2n) is 4.67. The van der Waals surface area contributed by atoms with Crippen LogP contribution in [-0.4, -0.2) is 14.2 Å². The van der Waals surface area contributed by atoms with E-state index in [0.717, 1.165) is 23.6 Å². The third-order valence-electron chi connectivity index (χ3n) is 3.38. The molecule has 0 bridgehead atoms. The van der Waals surface area contributed by atoms with E-state index in [1.807, 2.05) is 24.3 Å². The molecule has 0 aliphatic rings. The minimum absolute atomic E-state index is 0.284.